The highest BCUT2D eigenvalue weighted by Crippen LogP contribution is 2.19. The van der Waals surface area contributed by atoms with Gasteiger partial charge in [-0.3, -0.25) is 14.6 Å². The maximum atomic E-state index is 13.7. The van der Waals surface area contributed by atoms with Crippen LogP contribution in [0.1, 0.15) is 18.4 Å². The number of benzene rings is 1. The first-order valence-corrected chi connectivity index (χ1v) is 8.57. The normalized spacial score (nSPS) is 17.2. The van der Waals surface area contributed by atoms with E-state index in [2.05, 4.69) is 15.4 Å². The number of nitrogens with zero attached hydrogens (tertiary/aromatic N) is 3. The van der Waals surface area contributed by atoms with Crippen LogP contribution in [-0.4, -0.2) is 53.1 Å². The number of nitrogens with one attached hydrogen (secondary N) is 1. The Morgan fingerprint density at radius 1 is 1.27 bits per heavy atom. The molecule has 3 rings (SSSR count). The number of aromatic nitrogens is 1. The lowest BCUT2D eigenvalue weighted by atomic mass is 10.2. The summed E-state index contributed by atoms with van der Waals surface area (Å²) >= 11 is 0. The zero-order valence-corrected chi connectivity index (χ0v) is 14.8. The molecule has 1 atom stereocenters. The maximum absolute atomic E-state index is 13.7. The molecule has 0 bridgehead atoms. The molecule has 1 aromatic carbocycles. The van der Waals surface area contributed by atoms with Gasteiger partial charge in [-0.25, -0.2) is 8.78 Å². The lowest BCUT2D eigenvalue weighted by molar-refractivity contribution is -0.121. The van der Waals surface area contributed by atoms with Crippen molar-refractivity contribution in [2.45, 2.75) is 26.4 Å². The van der Waals surface area contributed by atoms with Crippen LogP contribution in [0.4, 0.5) is 14.5 Å². The third kappa shape index (κ3) is 4.25. The predicted octanol–water partition coefficient (Wildman–Crippen LogP) is 2.41. The van der Waals surface area contributed by atoms with Crippen molar-refractivity contribution in [1.82, 2.24) is 15.0 Å². The zero-order chi connectivity index (χ0) is 18.7. The SMILES string of the molecule is Cc1cc(CN2CCN(C(C)C(=O)Nc3c(F)cccc3F)CC2)no1. The second-order valence-corrected chi connectivity index (χ2v) is 6.50. The first kappa shape index (κ1) is 18.5. The molecule has 1 amide bonds. The Morgan fingerprint density at radius 2 is 1.92 bits per heavy atom. The highest BCUT2D eigenvalue weighted by atomic mass is 19.1. The van der Waals surface area contributed by atoms with Crippen molar-refractivity contribution in [2.24, 2.45) is 0 Å². The molecule has 8 heteroatoms. The van der Waals surface area contributed by atoms with Crippen molar-refractivity contribution in [2.75, 3.05) is 31.5 Å². The van der Waals surface area contributed by atoms with E-state index in [0.717, 1.165) is 36.7 Å². The van der Waals surface area contributed by atoms with E-state index in [1.165, 1.54) is 6.07 Å². The average molecular weight is 364 g/mol. The monoisotopic (exact) mass is 364 g/mol. The lowest BCUT2D eigenvalue weighted by Crippen LogP contribution is -2.52. The fourth-order valence-electron chi connectivity index (χ4n) is 3.04. The van der Waals surface area contributed by atoms with Crippen LogP contribution in [0.2, 0.25) is 0 Å². The number of amides is 1. The van der Waals surface area contributed by atoms with E-state index in [9.17, 15) is 13.6 Å². The molecule has 1 aromatic heterocycles. The molecule has 6 nitrogen and oxygen atoms in total. The van der Waals surface area contributed by atoms with Crippen LogP contribution in [0.25, 0.3) is 0 Å². The second kappa shape index (κ2) is 7.92. The summed E-state index contributed by atoms with van der Waals surface area (Å²) in [5.74, 6) is -1.20. The van der Waals surface area contributed by atoms with Gasteiger partial charge in [0.15, 0.2) is 0 Å². The van der Waals surface area contributed by atoms with E-state index >= 15 is 0 Å². The molecule has 0 spiro atoms. The molecule has 1 aliphatic rings. The van der Waals surface area contributed by atoms with Gasteiger partial charge in [-0.1, -0.05) is 11.2 Å². The van der Waals surface area contributed by atoms with Crippen LogP contribution in [0.5, 0.6) is 0 Å². The summed E-state index contributed by atoms with van der Waals surface area (Å²) in [4.78, 5) is 16.6. The fourth-order valence-corrected chi connectivity index (χ4v) is 3.04. The molecule has 26 heavy (non-hydrogen) atoms. The Morgan fingerprint density at radius 3 is 2.50 bits per heavy atom. The van der Waals surface area contributed by atoms with Crippen LogP contribution in [0, 0.1) is 18.6 Å². The minimum Gasteiger partial charge on any atom is -0.361 e. The van der Waals surface area contributed by atoms with Crippen molar-refractivity contribution >= 4 is 11.6 Å². The first-order valence-electron chi connectivity index (χ1n) is 8.57. The average Bonchev–Trinajstić information content (AvgIpc) is 3.03. The number of rotatable bonds is 5. The number of carbonyl (C=O) groups is 1. The summed E-state index contributed by atoms with van der Waals surface area (Å²) in [6, 6.07) is 4.93. The van der Waals surface area contributed by atoms with Crippen molar-refractivity contribution in [3.63, 3.8) is 0 Å². The number of hydrogen-bond acceptors (Lipinski definition) is 5. The third-order valence-electron chi connectivity index (χ3n) is 4.61. The molecule has 2 heterocycles. The highest BCUT2D eigenvalue weighted by molar-refractivity contribution is 5.94. The molecule has 0 radical (unpaired) electrons. The zero-order valence-electron chi connectivity index (χ0n) is 14.8. The van der Waals surface area contributed by atoms with Crippen molar-refractivity contribution in [3.05, 3.63) is 47.4 Å². The van der Waals surface area contributed by atoms with Gasteiger partial charge in [-0.2, -0.15) is 0 Å². The number of aryl methyl sites for hydroxylation is 1. The molecule has 1 N–H and O–H groups in total. The van der Waals surface area contributed by atoms with E-state index in [1.54, 1.807) is 6.92 Å². The van der Waals surface area contributed by atoms with Crippen LogP contribution in [0.15, 0.2) is 28.8 Å². The molecular formula is C18H22F2N4O2. The van der Waals surface area contributed by atoms with Gasteiger partial charge in [0.2, 0.25) is 5.91 Å². The molecule has 1 saturated heterocycles. The van der Waals surface area contributed by atoms with Gasteiger partial charge < -0.3 is 9.84 Å². The third-order valence-corrected chi connectivity index (χ3v) is 4.61. The number of carbonyl (C=O) groups excluding carboxylic acids is 1. The van der Waals surface area contributed by atoms with Crippen LogP contribution in [-0.2, 0) is 11.3 Å². The summed E-state index contributed by atoms with van der Waals surface area (Å²) in [6.07, 6.45) is 0. The van der Waals surface area contributed by atoms with E-state index < -0.39 is 29.3 Å². The van der Waals surface area contributed by atoms with E-state index in [1.807, 2.05) is 17.9 Å². The van der Waals surface area contributed by atoms with Crippen LogP contribution >= 0.6 is 0 Å². The number of para-hydroxylation sites is 1. The molecule has 1 aliphatic heterocycles. The topological polar surface area (TPSA) is 61.6 Å². The standard InChI is InChI=1S/C18H22F2N4O2/c1-12-10-14(22-26-12)11-23-6-8-24(9-7-23)13(2)18(25)21-17-15(19)4-3-5-16(17)20/h3-5,10,13H,6-9,11H2,1-2H3,(H,21,25). The van der Waals surface area contributed by atoms with Gasteiger partial charge in [-0.15, -0.1) is 0 Å². The van der Waals surface area contributed by atoms with Gasteiger partial charge in [0.05, 0.1) is 11.7 Å². The van der Waals surface area contributed by atoms with Crippen LogP contribution < -0.4 is 5.32 Å². The number of halogens is 2. The minimum absolute atomic E-state index is 0.399. The second-order valence-electron chi connectivity index (χ2n) is 6.50. The van der Waals surface area contributed by atoms with Gasteiger partial charge >= 0.3 is 0 Å². The summed E-state index contributed by atoms with van der Waals surface area (Å²) in [7, 11) is 0. The fraction of sp³-hybridized carbons (Fsp3) is 0.444. The summed E-state index contributed by atoms with van der Waals surface area (Å²) < 4.78 is 32.4. The van der Waals surface area contributed by atoms with Crippen molar-refractivity contribution < 1.29 is 18.1 Å². The van der Waals surface area contributed by atoms with Gasteiger partial charge in [0, 0.05) is 38.8 Å². The first-order chi connectivity index (χ1) is 12.4. The highest BCUT2D eigenvalue weighted by Gasteiger charge is 2.27. The summed E-state index contributed by atoms with van der Waals surface area (Å²) in [5, 5.41) is 6.35. The van der Waals surface area contributed by atoms with Gasteiger partial charge in [-0.05, 0) is 26.0 Å². The number of piperazine rings is 1. The predicted molar refractivity (Wildman–Crippen MR) is 92.5 cm³/mol. The molecule has 0 aliphatic carbocycles. The van der Waals surface area contributed by atoms with Gasteiger partial charge in [0.25, 0.3) is 0 Å². The molecule has 1 fully saturated rings. The summed E-state index contributed by atoms with van der Waals surface area (Å²) in [6.45, 7) is 7.22. The molecule has 1 unspecified atom stereocenters. The largest absolute Gasteiger partial charge is 0.361 e. The van der Waals surface area contributed by atoms with E-state index in [-0.39, 0.29) is 0 Å². The Hall–Kier alpha value is -2.32. The smallest absolute Gasteiger partial charge is 0.241 e. The Kier molecular flexibility index (Phi) is 5.63. The van der Waals surface area contributed by atoms with Crippen molar-refractivity contribution in [1.29, 1.82) is 0 Å². The molecular weight excluding hydrogens is 342 g/mol. The maximum Gasteiger partial charge on any atom is 0.241 e. The Labute approximate surface area is 150 Å². The molecule has 140 valence electrons. The Bertz CT molecular complexity index is 752. The van der Waals surface area contributed by atoms with Crippen molar-refractivity contribution in [3.8, 4) is 0 Å². The van der Waals surface area contributed by atoms with Gasteiger partial charge in [0.1, 0.15) is 23.1 Å². The number of hydrogen-bond donors (Lipinski definition) is 1. The molecule has 2 aromatic rings. The van der Waals surface area contributed by atoms with E-state index in [0.29, 0.717) is 19.6 Å². The lowest BCUT2D eigenvalue weighted by Gasteiger charge is -2.37. The summed E-state index contributed by atoms with van der Waals surface area (Å²) in [5.41, 5.74) is 0.487. The number of anilines is 1. The quantitative estimate of drug-likeness (QED) is 0.883. The van der Waals surface area contributed by atoms with E-state index in [4.69, 9.17) is 4.52 Å². The Balaban J connectivity index is 1.53. The van der Waals surface area contributed by atoms with Crippen LogP contribution in [0.3, 0.4) is 0 Å². The molecule has 0 saturated carbocycles. The minimum atomic E-state index is -0.779.